The molecule has 0 radical (unpaired) electrons. The van der Waals surface area contributed by atoms with Crippen LogP contribution in [0.1, 0.15) is 40.0 Å². The minimum atomic E-state index is -0.619. The summed E-state index contributed by atoms with van der Waals surface area (Å²) >= 11 is 4.67. The second-order valence-corrected chi connectivity index (χ2v) is 6.96. The van der Waals surface area contributed by atoms with Crippen LogP contribution in [0.25, 0.3) is 0 Å². The summed E-state index contributed by atoms with van der Waals surface area (Å²) in [6.07, 6.45) is 2.98. The van der Waals surface area contributed by atoms with Gasteiger partial charge in [0.2, 0.25) is 0 Å². The topological polar surface area (TPSA) is 75.4 Å². The Labute approximate surface area is 126 Å². The van der Waals surface area contributed by atoms with Crippen LogP contribution < -0.4 is 11.1 Å². The summed E-state index contributed by atoms with van der Waals surface area (Å²) in [6.45, 7) is 8.03. The number of nitrogens with zero attached hydrogens (tertiary/aromatic N) is 1. The van der Waals surface area contributed by atoms with E-state index in [9.17, 15) is 9.59 Å². The zero-order valence-corrected chi connectivity index (χ0v) is 13.4. The van der Waals surface area contributed by atoms with Gasteiger partial charge in [-0.25, -0.2) is 0 Å². The van der Waals surface area contributed by atoms with E-state index in [4.69, 9.17) is 5.73 Å². The molecule has 6 heteroatoms. The van der Waals surface area contributed by atoms with Gasteiger partial charge in [0.05, 0.1) is 11.5 Å². The van der Waals surface area contributed by atoms with E-state index in [-0.39, 0.29) is 16.9 Å². The van der Waals surface area contributed by atoms with Crippen molar-refractivity contribution in [3.63, 3.8) is 0 Å². The molecule has 2 amide bonds. The predicted octanol–water partition coefficient (Wildman–Crippen LogP) is 1.06. The molecule has 0 bridgehead atoms. The molecule has 0 aromatic heterocycles. The van der Waals surface area contributed by atoms with E-state index in [2.05, 4.69) is 38.3 Å². The highest BCUT2D eigenvalue weighted by atomic mass is 32.1. The van der Waals surface area contributed by atoms with Gasteiger partial charge in [0.1, 0.15) is 0 Å². The summed E-state index contributed by atoms with van der Waals surface area (Å²) < 4.78 is 0. The molecule has 0 aliphatic carbocycles. The Morgan fingerprint density at radius 3 is 2.50 bits per heavy atom. The lowest BCUT2D eigenvalue weighted by molar-refractivity contribution is -0.145. The molecule has 1 aliphatic heterocycles. The van der Waals surface area contributed by atoms with Crippen molar-refractivity contribution in [2.45, 2.75) is 40.0 Å². The molecule has 20 heavy (non-hydrogen) atoms. The molecule has 114 valence electrons. The fraction of sp³-hybridized carbons (Fsp3) is 0.786. The number of thiocarbonyl (C=S) groups is 1. The van der Waals surface area contributed by atoms with Crippen LogP contribution in [0.3, 0.4) is 0 Å². The molecule has 1 unspecified atom stereocenters. The quantitative estimate of drug-likeness (QED) is 0.590. The summed E-state index contributed by atoms with van der Waals surface area (Å²) in [5, 5.41) is 2.44. The maximum atomic E-state index is 12.0. The number of nitrogens with two attached hydrogens (primary N) is 1. The van der Waals surface area contributed by atoms with Crippen molar-refractivity contribution in [1.82, 2.24) is 10.2 Å². The number of carbonyl (C=O) groups excluding carboxylic acids is 2. The first-order valence-corrected chi connectivity index (χ1v) is 7.48. The van der Waals surface area contributed by atoms with Crippen molar-refractivity contribution in [3.8, 4) is 0 Å². The number of likely N-dealkylation sites (tertiary alicyclic amines) is 1. The first-order chi connectivity index (χ1) is 9.21. The fourth-order valence-electron chi connectivity index (χ4n) is 2.55. The molecule has 0 spiro atoms. The van der Waals surface area contributed by atoms with Gasteiger partial charge in [-0.1, -0.05) is 33.0 Å². The van der Waals surface area contributed by atoms with E-state index in [0.717, 1.165) is 19.3 Å². The molecule has 1 rings (SSSR count). The van der Waals surface area contributed by atoms with E-state index < -0.39 is 11.8 Å². The van der Waals surface area contributed by atoms with Crippen molar-refractivity contribution >= 4 is 29.0 Å². The Morgan fingerprint density at radius 1 is 1.30 bits per heavy atom. The van der Waals surface area contributed by atoms with E-state index in [1.54, 1.807) is 4.90 Å². The molecule has 1 atom stereocenters. The maximum absolute atomic E-state index is 12.0. The van der Waals surface area contributed by atoms with Crippen molar-refractivity contribution in [1.29, 1.82) is 0 Å². The molecule has 0 saturated carbocycles. The molecule has 5 nitrogen and oxygen atoms in total. The highest BCUT2D eigenvalue weighted by molar-refractivity contribution is 7.80. The van der Waals surface area contributed by atoms with E-state index in [1.807, 2.05) is 0 Å². The SMILES string of the molecule is CC(C)(C)C1CCCN(C(=O)C(=O)NCC(N)=S)CC1. The number of carbonyl (C=O) groups is 2. The Kier molecular flexibility index (Phi) is 5.92. The summed E-state index contributed by atoms with van der Waals surface area (Å²) in [7, 11) is 0. The van der Waals surface area contributed by atoms with Crippen LogP contribution >= 0.6 is 12.2 Å². The first-order valence-electron chi connectivity index (χ1n) is 7.07. The zero-order valence-electron chi connectivity index (χ0n) is 12.6. The minimum Gasteiger partial charge on any atom is -0.392 e. The monoisotopic (exact) mass is 299 g/mol. The van der Waals surface area contributed by atoms with Crippen LogP contribution in [0.5, 0.6) is 0 Å². The molecule has 0 aromatic rings. The second kappa shape index (κ2) is 7.02. The van der Waals surface area contributed by atoms with Gasteiger partial charge in [-0.2, -0.15) is 0 Å². The normalized spacial score (nSPS) is 20.1. The summed E-state index contributed by atoms with van der Waals surface area (Å²) in [5.41, 5.74) is 5.55. The molecule has 0 aromatic carbocycles. The number of rotatable bonds is 2. The fourth-order valence-corrected chi connectivity index (χ4v) is 2.62. The van der Waals surface area contributed by atoms with Gasteiger partial charge in [-0.15, -0.1) is 0 Å². The van der Waals surface area contributed by atoms with Crippen LogP contribution in [0.2, 0.25) is 0 Å². The van der Waals surface area contributed by atoms with Gasteiger partial charge in [0.25, 0.3) is 0 Å². The second-order valence-electron chi connectivity index (χ2n) is 6.44. The van der Waals surface area contributed by atoms with Crippen LogP contribution in [0, 0.1) is 11.3 Å². The maximum Gasteiger partial charge on any atom is 0.311 e. The lowest BCUT2D eigenvalue weighted by Gasteiger charge is -2.29. The summed E-state index contributed by atoms with van der Waals surface area (Å²) in [4.78, 5) is 25.6. The van der Waals surface area contributed by atoms with Crippen LogP contribution in [-0.4, -0.2) is 41.3 Å². The highest BCUT2D eigenvalue weighted by Crippen LogP contribution is 2.34. The molecular weight excluding hydrogens is 274 g/mol. The molecule has 1 fully saturated rings. The number of amides is 2. The lowest BCUT2D eigenvalue weighted by atomic mass is 9.77. The van der Waals surface area contributed by atoms with Gasteiger partial charge < -0.3 is 16.0 Å². The van der Waals surface area contributed by atoms with Crippen LogP contribution in [-0.2, 0) is 9.59 Å². The standard InChI is InChI=1S/C14H25N3O2S/c1-14(2,3)10-5-4-7-17(8-6-10)13(19)12(18)16-9-11(15)20/h10H,4-9H2,1-3H3,(H2,15,20)(H,16,18). The molecule has 3 N–H and O–H groups in total. The molecule has 1 saturated heterocycles. The average Bonchev–Trinajstić information content (AvgIpc) is 2.60. The highest BCUT2D eigenvalue weighted by Gasteiger charge is 2.30. The molecule has 1 heterocycles. The minimum absolute atomic E-state index is 0.0678. The van der Waals surface area contributed by atoms with E-state index in [0.29, 0.717) is 19.0 Å². The van der Waals surface area contributed by atoms with Crippen molar-refractivity contribution < 1.29 is 9.59 Å². The number of nitrogens with one attached hydrogen (secondary N) is 1. The van der Waals surface area contributed by atoms with Crippen molar-refractivity contribution in [3.05, 3.63) is 0 Å². The third-order valence-corrected chi connectivity index (χ3v) is 4.00. The zero-order chi connectivity index (χ0) is 15.3. The van der Waals surface area contributed by atoms with E-state index >= 15 is 0 Å². The van der Waals surface area contributed by atoms with Gasteiger partial charge in [-0.3, -0.25) is 9.59 Å². The third-order valence-electron chi connectivity index (χ3n) is 3.86. The third kappa shape index (κ3) is 5.07. The van der Waals surface area contributed by atoms with E-state index in [1.165, 1.54) is 0 Å². The molecular formula is C14H25N3O2S. The van der Waals surface area contributed by atoms with Crippen LogP contribution in [0.15, 0.2) is 0 Å². The summed E-state index contributed by atoms with van der Waals surface area (Å²) in [5.74, 6) is -0.511. The Hall–Kier alpha value is -1.17. The van der Waals surface area contributed by atoms with Crippen molar-refractivity contribution in [2.24, 2.45) is 17.1 Å². The summed E-state index contributed by atoms with van der Waals surface area (Å²) in [6, 6.07) is 0. The van der Waals surface area contributed by atoms with Crippen LogP contribution in [0.4, 0.5) is 0 Å². The number of hydrogen-bond acceptors (Lipinski definition) is 3. The molecule has 1 aliphatic rings. The first kappa shape index (κ1) is 16.9. The van der Waals surface area contributed by atoms with Gasteiger partial charge >= 0.3 is 11.8 Å². The Morgan fingerprint density at radius 2 is 1.95 bits per heavy atom. The van der Waals surface area contributed by atoms with Gasteiger partial charge in [-0.05, 0) is 30.6 Å². The van der Waals surface area contributed by atoms with Gasteiger partial charge in [0.15, 0.2) is 0 Å². The lowest BCUT2D eigenvalue weighted by Crippen LogP contribution is -2.45. The number of hydrogen-bond donors (Lipinski definition) is 2. The smallest absolute Gasteiger partial charge is 0.311 e. The largest absolute Gasteiger partial charge is 0.392 e. The van der Waals surface area contributed by atoms with Gasteiger partial charge in [0, 0.05) is 13.1 Å². The predicted molar refractivity (Wildman–Crippen MR) is 83.2 cm³/mol. The average molecular weight is 299 g/mol. The Balaban J connectivity index is 2.54. The van der Waals surface area contributed by atoms with Crippen molar-refractivity contribution in [2.75, 3.05) is 19.6 Å². The Bertz CT molecular complexity index is 390.